The van der Waals surface area contributed by atoms with Gasteiger partial charge in [0.1, 0.15) is 17.8 Å². The van der Waals surface area contributed by atoms with E-state index < -0.39 is 36.0 Å². The Morgan fingerprint density at radius 1 is 1.21 bits per heavy atom. The number of nitrogens with one attached hydrogen (secondary N) is 3. The molecule has 1 aliphatic rings. The lowest BCUT2D eigenvalue weighted by molar-refractivity contribution is -0.134. The van der Waals surface area contributed by atoms with Crippen molar-refractivity contribution in [2.24, 2.45) is 0 Å². The molecule has 0 radical (unpaired) electrons. The number of benzene rings is 1. The van der Waals surface area contributed by atoms with Crippen molar-refractivity contribution < 1.29 is 23.6 Å². The SMILES string of the molecule is C[C@]1(c2ccc(Cl)cc2)NC(=O)N(CC(=O)NC(=O)NCc2ccco2)C1=O. The normalized spacial score (nSPS) is 18.7. The minimum absolute atomic E-state index is 0.0872. The van der Waals surface area contributed by atoms with Gasteiger partial charge in [-0.15, -0.1) is 0 Å². The van der Waals surface area contributed by atoms with Crippen molar-refractivity contribution in [2.45, 2.75) is 19.0 Å². The van der Waals surface area contributed by atoms with Gasteiger partial charge in [-0.3, -0.25) is 19.8 Å². The fourth-order valence-electron chi connectivity index (χ4n) is 2.75. The van der Waals surface area contributed by atoms with Crippen molar-refractivity contribution in [3.63, 3.8) is 0 Å². The topological polar surface area (TPSA) is 121 Å². The third-order valence-electron chi connectivity index (χ3n) is 4.25. The molecular weight excluding hydrogens is 388 g/mol. The molecule has 1 atom stereocenters. The molecule has 3 rings (SSSR count). The van der Waals surface area contributed by atoms with E-state index in [4.69, 9.17) is 16.0 Å². The van der Waals surface area contributed by atoms with Crippen LogP contribution in [0.2, 0.25) is 5.02 Å². The highest BCUT2D eigenvalue weighted by molar-refractivity contribution is 6.30. The Labute approximate surface area is 165 Å². The molecule has 1 saturated heterocycles. The maximum Gasteiger partial charge on any atom is 0.325 e. The Morgan fingerprint density at radius 2 is 1.93 bits per heavy atom. The molecule has 0 aliphatic carbocycles. The van der Waals surface area contributed by atoms with E-state index in [-0.39, 0.29) is 6.54 Å². The van der Waals surface area contributed by atoms with Crippen molar-refractivity contribution in [3.05, 3.63) is 59.0 Å². The molecule has 2 aromatic rings. The number of hydrogen-bond acceptors (Lipinski definition) is 5. The van der Waals surface area contributed by atoms with E-state index in [9.17, 15) is 19.2 Å². The summed E-state index contributed by atoms with van der Waals surface area (Å²) in [5.41, 5.74) is -0.807. The number of rotatable bonds is 5. The number of carbonyl (C=O) groups is 4. The predicted molar refractivity (Wildman–Crippen MR) is 98.1 cm³/mol. The van der Waals surface area contributed by atoms with Gasteiger partial charge in [-0.05, 0) is 36.8 Å². The van der Waals surface area contributed by atoms with E-state index in [0.29, 0.717) is 16.3 Å². The van der Waals surface area contributed by atoms with Crippen LogP contribution in [0.25, 0.3) is 0 Å². The van der Waals surface area contributed by atoms with Gasteiger partial charge in [0.2, 0.25) is 5.91 Å². The molecule has 1 aromatic carbocycles. The quantitative estimate of drug-likeness (QED) is 0.655. The van der Waals surface area contributed by atoms with E-state index in [0.717, 1.165) is 4.90 Å². The molecule has 6 amide bonds. The van der Waals surface area contributed by atoms with Gasteiger partial charge in [0, 0.05) is 5.02 Å². The van der Waals surface area contributed by atoms with Gasteiger partial charge in [-0.1, -0.05) is 23.7 Å². The number of nitrogens with zero attached hydrogens (tertiary/aromatic N) is 1. The minimum Gasteiger partial charge on any atom is -0.467 e. The third-order valence-corrected chi connectivity index (χ3v) is 4.51. The molecule has 0 saturated carbocycles. The number of hydrogen-bond donors (Lipinski definition) is 3. The Balaban J connectivity index is 1.59. The molecule has 0 bridgehead atoms. The number of urea groups is 2. The lowest BCUT2D eigenvalue weighted by Gasteiger charge is -2.22. The first-order valence-corrected chi connectivity index (χ1v) is 8.67. The second-order valence-corrected chi connectivity index (χ2v) is 6.70. The molecule has 0 spiro atoms. The van der Waals surface area contributed by atoms with Crippen LogP contribution >= 0.6 is 11.6 Å². The zero-order valence-corrected chi connectivity index (χ0v) is 15.6. The summed E-state index contributed by atoms with van der Waals surface area (Å²) in [6, 6.07) is 8.25. The molecule has 146 valence electrons. The average molecular weight is 405 g/mol. The van der Waals surface area contributed by atoms with Gasteiger partial charge in [0.15, 0.2) is 0 Å². The Kier molecular flexibility index (Phi) is 5.36. The summed E-state index contributed by atoms with van der Waals surface area (Å²) in [6.45, 7) is 1.02. The lowest BCUT2D eigenvalue weighted by atomic mass is 9.92. The van der Waals surface area contributed by atoms with Crippen molar-refractivity contribution in [1.82, 2.24) is 20.9 Å². The first kappa shape index (κ1) is 19.4. The smallest absolute Gasteiger partial charge is 0.325 e. The molecule has 0 unspecified atom stereocenters. The fourth-order valence-corrected chi connectivity index (χ4v) is 2.88. The number of imide groups is 2. The first-order chi connectivity index (χ1) is 13.3. The highest BCUT2D eigenvalue weighted by Crippen LogP contribution is 2.29. The highest BCUT2D eigenvalue weighted by atomic mass is 35.5. The van der Waals surface area contributed by atoms with E-state index in [2.05, 4.69) is 16.0 Å². The van der Waals surface area contributed by atoms with Crippen LogP contribution in [0.3, 0.4) is 0 Å². The van der Waals surface area contributed by atoms with Crippen LogP contribution in [-0.4, -0.2) is 35.3 Å². The Hall–Kier alpha value is -3.33. The standard InChI is InChI=1S/C18H17ClN4O5/c1-18(11-4-6-12(19)7-5-11)15(25)23(17(27)22-18)10-14(24)21-16(26)20-9-13-3-2-8-28-13/h2-8H,9-10H2,1H3,(H,22,27)(H2,20,21,24,26)/t18-/m1/s1. The van der Waals surface area contributed by atoms with Crippen LogP contribution in [0.1, 0.15) is 18.2 Å². The second-order valence-electron chi connectivity index (χ2n) is 6.26. The number of furan rings is 1. The van der Waals surface area contributed by atoms with Crippen LogP contribution in [0.5, 0.6) is 0 Å². The zero-order valence-electron chi connectivity index (χ0n) is 14.8. The molecule has 9 nitrogen and oxygen atoms in total. The van der Waals surface area contributed by atoms with E-state index in [1.807, 2.05) is 0 Å². The van der Waals surface area contributed by atoms with Gasteiger partial charge in [0.05, 0.1) is 12.8 Å². The number of amides is 6. The average Bonchev–Trinajstić information content (AvgIpc) is 3.24. The summed E-state index contributed by atoms with van der Waals surface area (Å²) in [5, 5.41) is 7.55. The second kappa shape index (κ2) is 7.73. The largest absolute Gasteiger partial charge is 0.467 e. The van der Waals surface area contributed by atoms with Gasteiger partial charge in [0.25, 0.3) is 5.91 Å². The summed E-state index contributed by atoms with van der Waals surface area (Å²) < 4.78 is 5.06. The predicted octanol–water partition coefficient (Wildman–Crippen LogP) is 1.73. The summed E-state index contributed by atoms with van der Waals surface area (Å²) in [6.07, 6.45) is 1.45. The van der Waals surface area contributed by atoms with Crippen molar-refractivity contribution in [1.29, 1.82) is 0 Å². The molecule has 2 heterocycles. The van der Waals surface area contributed by atoms with Gasteiger partial charge in [-0.2, -0.15) is 0 Å². The third kappa shape index (κ3) is 3.99. The molecule has 1 fully saturated rings. The Bertz CT molecular complexity index is 913. The molecular formula is C18H17ClN4O5. The number of carbonyl (C=O) groups excluding carboxylic acids is 4. The van der Waals surface area contributed by atoms with E-state index in [1.165, 1.54) is 13.2 Å². The molecule has 1 aliphatic heterocycles. The molecule has 10 heteroatoms. The van der Waals surface area contributed by atoms with Crippen molar-refractivity contribution in [3.8, 4) is 0 Å². The van der Waals surface area contributed by atoms with Crippen LogP contribution in [0.4, 0.5) is 9.59 Å². The zero-order chi connectivity index (χ0) is 20.3. The number of halogens is 1. The summed E-state index contributed by atoms with van der Waals surface area (Å²) in [7, 11) is 0. The van der Waals surface area contributed by atoms with Crippen LogP contribution < -0.4 is 16.0 Å². The van der Waals surface area contributed by atoms with Gasteiger partial charge >= 0.3 is 12.1 Å². The van der Waals surface area contributed by atoms with Crippen LogP contribution in [-0.2, 0) is 21.7 Å². The van der Waals surface area contributed by atoms with E-state index in [1.54, 1.807) is 36.4 Å². The van der Waals surface area contributed by atoms with Crippen LogP contribution in [0.15, 0.2) is 47.1 Å². The van der Waals surface area contributed by atoms with Crippen LogP contribution in [0, 0.1) is 0 Å². The molecule has 28 heavy (non-hydrogen) atoms. The highest BCUT2D eigenvalue weighted by Gasteiger charge is 2.49. The summed E-state index contributed by atoms with van der Waals surface area (Å²) >= 11 is 5.85. The maximum absolute atomic E-state index is 12.7. The minimum atomic E-state index is -1.33. The van der Waals surface area contributed by atoms with Crippen molar-refractivity contribution >= 4 is 35.5 Å². The van der Waals surface area contributed by atoms with Crippen molar-refractivity contribution in [2.75, 3.05) is 6.54 Å². The monoisotopic (exact) mass is 404 g/mol. The van der Waals surface area contributed by atoms with Gasteiger partial charge < -0.3 is 15.1 Å². The maximum atomic E-state index is 12.7. The summed E-state index contributed by atoms with van der Waals surface area (Å²) in [5.74, 6) is -0.901. The lowest BCUT2D eigenvalue weighted by Crippen LogP contribution is -2.46. The Morgan fingerprint density at radius 3 is 2.57 bits per heavy atom. The molecule has 1 aromatic heterocycles. The fraction of sp³-hybridized carbons (Fsp3) is 0.222. The molecule has 3 N–H and O–H groups in total. The van der Waals surface area contributed by atoms with Gasteiger partial charge in [-0.25, -0.2) is 9.59 Å². The van der Waals surface area contributed by atoms with E-state index >= 15 is 0 Å². The summed E-state index contributed by atoms with van der Waals surface area (Å²) in [4.78, 5) is 49.5. The first-order valence-electron chi connectivity index (χ1n) is 8.30.